The average Bonchev–Trinajstić information content (AvgIpc) is 3.46. The van der Waals surface area contributed by atoms with Gasteiger partial charge in [0.1, 0.15) is 6.61 Å². The van der Waals surface area contributed by atoms with E-state index in [4.69, 9.17) is 13.9 Å². The number of rotatable bonds is 9. The molecule has 4 rings (SSSR count). The Kier molecular flexibility index (Phi) is 6.49. The number of nitrogens with zero attached hydrogens (tertiary/aromatic N) is 1. The molecular formula is C26H25NO6. The van der Waals surface area contributed by atoms with Gasteiger partial charge in [-0.3, -0.25) is 9.59 Å². The largest absolute Gasteiger partial charge is 0.503 e. The second-order valence-corrected chi connectivity index (χ2v) is 7.65. The lowest BCUT2D eigenvalue weighted by molar-refractivity contribution is -0.129. The van der Waals surface area contributed by atoms with E-state index in [0.29, 0.717) is 36.6 Å². The van der Waals surface area contributed by atoms with Crippen LogP contribution in [-0.2, 0) is 11.4 Å². The highest BCUT2D eigenvalue weighted by Gasteiger charge is 2.44. The molecule has 0 aliphatic carbocycles. The molecule has 1 N–H and O–H groups in total. The number of benzene rings is 2. The minimum atomic E-state index is -0.778. The van der Waals surface area contributed by atoms with Crippen molar-refractivity contribution < 1.29 is 28.6 Å². The summed E-state index contributed by atoms with van der Waals surface area (Å²) in [5.41, 5.74) is 1.60. The van der Waals surface area contributed by atoms with E-state index in [1.807, 2.05) is 37.3 Å². The lowest BCUT2D eigenvalue weighted by Crippen LogP contribution is -2.31. The Morgan fingerprint density at radius 1 is 1.09 bits per heavy atom. The van der Waals surface area contributed by atoms with Crippen molar-refractivity contribution in [1.82, 2.24) is 4.90 Å². The van der Waals surface area contributed by atoms with E-state index in [2.05, 4.69) is 0 Å². The molecule has 2 aromatic carbocycles. The van der Waals surface area contributed by atoms with Crippen LogP contribution in [0.15, 0.2) is 82.7 Å². The highest BCUT2D eigenvalue weighted by molar-refractivity contribution is 6.15. The van der Waals surface area contributed by atoms with Crippen LogP contribution in [0.25, 0.3) is 0 Å². The summed E-state index contributed by atoms with van der Waals surface area (Å²) in [5, 5.41) is 10.6. The second-order valence-electron chi connectivity index (χ2n) is 7.65. The molecule has 3 aromatic rings. The summed E-state index contributed by atoms with van der Waals surface area (Å²) in [6.07, 6.45) is 2.04. The number of aliphatic hydroxyl groups is 1. The summed E-state index contributed by atoms with van der Waals surface area (Å²) in [7, 11) is 1.55. The minimum absolute atomic E-state index is 0.0115. The molecule has 1 atom stereocenters. The Hall–Kier alpha value is -4.00. The molecule has 170 valence electrons. The molecule has 0 spiro atoms. The lowest BCUT2D eigenvalue weighted by Gasteiger charge is -2.27. The van der Waals surface area contributed by atoms with Gasteiger partial charge in [-0.05, 0) is 41.8 Å². The van der Waals surface area contributed by atoms with Crippen LogP contribution in [0.3, 0.4) is 0 Å². The molecule has 0 radical (unpaired) electrons. The van der Waals surface area contributed by atoms with Crippen LogP contribution in [0.1, 0.15) is 41.1 Å². The van der Waals surface area contributed by atoms with Gasteiger partial charge in [0.25, 0.3) is 5.91 Å². The van der Waals surface area contributed by atoms with E-state index in [-0.39, 0.29) is 11.3 Å². The van der Waals surface area contributed by atoms with Gasteiger partial charge in [-0.15, -0.1) is 0 Å². The molecule has 1 aliphatic rings. The number of hydrogen-bond acceptors (Lipinski definition) is 6. The van der Waals surface area contributed by atoms with E-state index in [9.17, 15) is 14.7 Å². The fraction of sp³-hybridized carbons (Fsp3) is 0.231. The number of methoxy groups -OCH3 is 1. The van der Waals surface area contributed by atoms with Crippen LogP contribution in [0, 0.1) is 0 Å². The first-order valence-corrected chi connectivity index (χ1v) is 10.7. The molecule has 2 heterocycles. The molecule has 1 unspecified atom stereocenters. The second kappa shape index (κ2) is 9.65. The summed E-state index contributed by atoms with van der Waals surface area (Å²) >= 11 is 0. The predicted octanol–water partition coefficient (Wildman–Crippen LogP) is 4.86. The molecule has 0 saturated heterocycles. The average molecular weight is 447 g/mol. The van der Waals surface area contributed by atoms with Gasteiger partial charge in [-0.25, -0.2) is 0 Å². The first-order valence-electron chi connectivity index (χ1n) is 10.7. The Labute approximate surface area is 191 Å². The molecule has 0 bridgehead atoms. The summed E-state index contributed by atoms with van der Waals surface area (Å²) in [5.74, 6) is -0.623. The number of ether oxygens (including phenoxy) is 2. The summed E-state index contributed by atoms with van der Waals surface area (Å²) in [6, 6.07) is 17.3. The lowest BCUT2D eigenvalue weighted by atomic mass is 9.94. The Bertz CT molecular complexity index is 1170. The summed E-state index contributed by atoms with van der Waals surface area (Å²) < 4.78 is 16.7. The molecule has 1 aliphatic heterocycles. The van der Waals surface area contributed by atoms with E-state index in [1.165, 1.54) is 17.2 Å². The monoisotopic (exact) mass is 447 g/mol. The van der Waals surface area contributed by atoms with Gasteiger partial charge < -0.3 is 23.9 Å². The zero-order valence-electron chi connectivity index (χ0n) is 18.5. The van der Waals surface area contributed by atoms with E-state index >= 15 is 0 Å². The third-order valence-corrected chi connectivity index (χ3v) is 5.50. The number of carbonyl (C=O) groups is 2. The maximum Gasteiger partial charge on any atom is 0.290 e. The normalized spacial score (nSPS) is 15.8. The zero-order valence-corrected chi connectivity index (χ0v) is 18.5. The van der Waals surface area contributed by atoms with Gasteiger partial charge in [0.2, 0.25) is 5.78 Å². The van der Waals surface area contributed by atoms with Crippen molar-refractivity contribution in [2.24, 2.45) is 0 Å². The van der Waals surface area contributed by atoms with Crippen molar-refractivity contribution in [3.05, 3.63) is 95.1 Å². The number of Topliss-reactive ketones (excluding diaryl/α,β-unsaturated/α-hetero) is 1. The quantitative estimate of drug-likeness (QED) is 0.472. The molecule has 0 fully saturated rings. The van der Waals surface area contributed by atoms with Crippen molar-refractivity contribution in [3.8, 4) is 11.5 Å². The third kappa shape index (κ3) is 4.35. The molecular weight excluding hydrogens is 422 g/mol. The maximum absolute atomic E-state index is 13.2. The molecule has 7 nitrogen and oxygen atoms in total. The van der Waals surface area contributed by atoms with Crippen molar-refractivity contribution in [3.63, 3.8) is 0 Å². The first kappa shape index (κ1) is 22.2. The maximum atomic E-state index is 13.2. The molecule has 0 saturated carbocycles. The van der Waals surface area contributed by atoms with Crippen LogP contribution >= 0.6 is 0 Å². The first-order chi connectivity index (χ1) is 16.0. The van der Waals surface area contributed by atoms with Crippen LogP contribution in [0.2, 0.25) is 0 Å². The topological polar surface area (TPSA) is 89.2 Å². The fourth-order valence-electron chi connectivity index (χ4n) is 3.96. The Morgan fingerprint density at radius 3 is 2.55 bits per heavy atom. The zero-order chi connectivity index (χ0) is 23.4. The van der Waals surface area contributed by atoms with E-state index in [0.717, 1.165) is 5.56 Å². The van der Waals surface area contributed by atoms with Crippen LogP contribution in [-0.4, -0.2) is 35.4 Å². The Balaban J connectivity index is 1.73. The fourth-order valence-corrected chi connectivity index (χ4v) is 3.96. The summed E-state index contributed by atoms with van der Waals surface area (Å²) in [4.78, 5) is 27.5. The van der Waals surface area contributed by atoms with E-state index < -0.39 is 23.5 Å². The van der Waals surface area contributed by atoms with Gasteiger partial charge in [0.15, 0.2) is 23.0 Å². The molecule has 33 heavy (non-hydrogen) atoms. The van der Waals surface area contributed by atoms with Crippen molar-refractivity contribution in [2.45, 2.75) is 26.0 Å². The molecule has 1 amide bonds. The number of furan rings is 1. The van der Waals surface area contributed by atoms with Crippen LogP contribution in [0.5, 0.6) is 11.5 Å². The van der Waals surface area contributed by atoms with Crippen molar-refractivity contribution >= 4 is 11.7 Å². The minimum Gasteiger partial charge on any atom is -0.503 e. The van der Waals surface area contributed by atoms with Crippen LogP contribution in [0.4, 0.5) is 0 Å². The number of ketones is 1. The number of aliphatic hydroxyl groups excluding tert-OH is 1. The predicted molar refractivity (Wildman–Crippen MR) is 121 cm³/mol. The van der Waals surface area contributed by atoms with Gasteiger partial charge in [-0.2, -0.15) is 0 Å². The van der Waals surface area contributed by atoms with Gasteiger partial charge in [0.05, 0.1) is 25.0 Å². The molecule has 1 aromatic heterocycles. The summed E-state index contributed by atoms with van der Waals surface area (Å²) in [6.45, 7) is 2.62. The number of hydrogen-bond donors (Lipinski definition) is 1. The highest BCUT2D eigenvalue weighted by Crippen LogP contribution is 2.42. The number of amides is 1. The van der Waals surface area contributed by atoms with Crippen molar-refractivity contribution in [1.29, 1.82) is 0 Å². The SMILES string of the molecule is CCCN1C(=O)C(O)=C(C(=O)c2ccco2)C1c1ccc(OC)c(OCc2ccccc2)c1. The molecule has 7 heteroatoms. The van der Waals surface area contributed by atoms with Crippen molar-refractivity contribution in [2.75, 3.05) is 13.7 Å². The van der Waals surface area contributed by atoms with Gasteiger partial charge in [0, 0.05) is 6.54 Å². The smallest absolute Gasteiger partial charge is 0.290 e. The van der Waals surface area contributed by atoms with Gasteiger partial charge >= 0.3 is 0 Å². The Morgan fingerprint density at radius 2 is 1.88 bits per heavy atom. The highest BCUT2D eigenvalue weighted by atomic mass is 16.5. The van der Waals surface area contributed by atoms with E-state index in [1.54, 1.807) is 31.4 Å². The standard InChI is InChI=1S/C26H25NO6/c1-3-13-27-23(22(25(29)26(27)30)24(28)20-10-7-14-32-20)18-11-12-19(31-2)21(15-18)33-16-17-8-5-4-6-9-17/h4-12,14-15,23,29H,3,13,16H2,1-2H3. The van der Waals surface area contributed by atoms with Gasteiger partial charge in [-0.1, -0.05) is 43.3 Å². The number of carbonyl (C=O) groups excluding carboxylic acids is 2. The third-order valence-electron chi connectivity index (χ3n) is 5.50. The van der Waals surface area contributed by atoms with Crippen LogP contribution < -0.4 is 9.47 Å².